The SMILES string of the molecule is CCc1c(C(=O)N2CCc3ccccc3C2)cnn1-c1ccc(C)cc1. The molecule has 4 rings (SSSR count). The molecule has 1 aliphatic heterocycles. The number of hydrogen-bond acceptors (Lipinski definition) is 2. The Balaban J connectivity index is 1.64. The van der Waals surface area contributed by atoms with Gasteiger partial charge in [0.2, 0.25) is 0 Å². The van der Waals surface area contributed by atoms with Crippen molar-refractivity contribution in [2.75, 3.05) is 6.54 Å². The van der Waals surface area contributed by atoms with Crippen molar-refractivity contribution in [3.05, 3.63) is 82.7 Å². The predicted molar refractivity (Wildman–Crippen MR) is 103 cm³/mol. The molecule has 2 aromatic carbocycles. The van der Waals surface area contributed by atoms with E-state index in [0.29, 0.717) is 12.1 Å². The summed E-state index contributed by atoms with van der Waals surface area (Å²) >= 11 is 0. The summed E-state index contributed by atoms with van der Waals surface area (Å²) < 4.78 is 1.89. The fourth-order valence-corrected chi connectivity index (χ4v) is 3.64. The van der Waals surface area contributed by atoms with Gasteiger partial charge in [-0.05, 0) is 43.0 Å². The van der Waals surface area contributed by atoms with Crippen LogP contribution in [-0.4, -0.2) is 27.1 Å². The molecule has 1 aliphatic rings. The van der Waals surface area contributed by atoms with Gasteiger partial charge in [-0.2, -0.15) is 5.10 Å². The van der Waals surface area contributed by atoms with Crippen molar-refractivity contribution in [2.24, 2.45) is 0 Å². The van der Waals surface area contributed by atoms with E-state index >= 15 is 0 Å². The Morgan fingerprint density at radius 2 is 1.81 bits per heavy atom. The molecule has 0 unspecified atom stereocenters. The second-order valence-corrected chi connectivity index (χ2v) is 6.85. The van der Waals surface area contributed by atoms with Crippen molar-refractivity contribution >= 4 is 5.91 Å². The fraction of sp³-hybridized carbons (Fsp3) is 0.273. The first-order valence-electron chi connectivity index (χ1n) is 9.17. The summed E-state index contributed by atoms with van der Waals surface area (Å²) in [6, 6.07) is 16.6. The Morgan fingerprint density at radius 1 is 1.08 bits per heavy atom. The van der Waals surface area contributed by atoms with Crippen molar-refractivity contribution in [3.63, 3.8) is 0 Å². The quantitative estimate of drug-likeness (QED) is 0.721. The van der Waals surface area contributed by atoms with Gasteiger partial charge in [-0.1, -0.05) is 48.9 Å². The molecule has 4 nitrogen and oxygen atoms in total. The molecule has 0 bridgehead atoms. The summed E-state index contributed by atoms with van der Waals surface area (Å²) in [5.41, 5.74) is 6.49. The van der Waals surface area contributed by atoms with Gasteiger partial charge in [0, 0.05) is 13.1 Å². The van der Waals surface area contributed by atoms with Crippen molar-refractivity contribution in [2.45, 2.75) is 33.2 Å². The van der Waals surface area contributed by atoms with E-state index in [4.69, 9.17) is 0 Å². The van der Waals surface area contributed by atoms with E-state index in [1.54, 1.807) is 6.20 Å². The first-order chi connectivity index (χ1) is 12.7. The van der Waals surface area contributed by atoms with E-state index in [-0.39, 0.29) is 5.91 Å². The molecule has 2 heterocycles. The average Bonchev–Trinajstić information content (AvgIpc) is 3.11. The van der Waals surface area contributed by atoms with Crippen LogP contribution in [-0.2, 0) is 19.4 Å². The fourth-order valence-electron chi connectivity index (χ4n) is 3.64. The molecule has 4 heteroatoms. The van der Waals surface area contributed by atoms with Gasteiger partial charge in [0.05, 0.1) is 23.1 Å². The maximum absolute atomic E-state index is 13.2. The molecule has 26 heavy (non-hydrogen) atoms. The lowest BCUT2D eigenvalue weighted by molar-refractivity contribution is 0.0733. The molecule has 0 aliphatic carbocycles. The van der Waals surface area contributed by atoms with Gasteiger partial charge in [0.15, 0.2) is 0 Å². The average molecular weight is 345 g/mol. The minimum absolute atomic E-state index is 0.0784. The molecule has 1 amide bonds. The summed E-state index contributed by atoms with van der Waals surface area (Å²) in [6.07, 6.45) is 3.40. The van der Waals surface area contributed by atoms with Crippen LogP contribution in [0.5, 0.6) is 0 Å². The van der Waals surface area contributed by atoms with E-state index in [1.807, 2.05) is 27.8 Å². The Labute approximate surface area is 154 Å². The Morgan fingerprint density at radius 3 is 2.54 bits per heavy atom. The molecule has 3 aromatic rings. The highest BCUT2D eigenvalue weighted by molar-refractivity contribution is 5.95. The van der Waals surface area contributed by atoms with E-state index in [1.165, 1.54) is 16.7 Å². The third-order valence-electron chi connectivity index (χ3n) is 5.13. The smallest absolute Gasteiger partial charge is 0.257 e. The lowest BCUT2D eigenvalue weighted by Crippen LogP contribution is -2.36. The molecule has 0 saturated heterocycles. The number of aryl methyl sites for hydroxylation is 1. The first kappa shape index (κ1) is 16.6. The Kier molecular flexibility index (Phi) is 4.33. The van der Waals surface area contributed by atoms with Crippen LogP contribution in [0.4, 0.5) is 0 Å². The number of hydrogen-bond donors (Lipinski definition) is 0. The Bertz CT molecular complexity index is 940. The largest absolute Gasteiger partial charge is 0.334 e. The van der Waals surface area contributed by atoms with E-state index in [2.05, 4.69) is 49.3 Å². The highest BCUT2D eigenvalue weighted by Gasteiger charge is 2.25. The minimum Gasteiger partial charge on any atom is -0.334 e. The monoisotopic (exact) mass is 345 g/mol. The molecule has 0 fully saturated rings. The number of rotatable bonds is 3. The van der Waals surface area contributed by atoms with Gasteiger partial charge >= 0.3 is 0 Å². The second-order valence-electron chi connectivity index (χ2n) is 6.85. The zero-order valence-corrected chi connectivity index (χ0v) is 15.3. The molecule has 0 spiro atoms. The number of carbonyl (C=O) groups is 1. The lowest BCUT2D eigenvalue weighted by atomic mass is 9.99. The van der Waals surface area contributed by atoms with Gasteiger partial charge in [-0.25, -0.2) is 4.68 Å². The number of fused-ring (bicyclic) bond motifs is 1. The summed E-state index contributed by atoms with van der Waals surface area (Å²) in [4.78, 5) is 15.1. The van der Waals surface area contributed by atoms with Crippen molar-refractivity contribution in [1.29, 1.82) is 0 Å². The van der Waals surface area contributed by atoms with Gasteiger partial charge in [-0.15, -0.1) is 0 Å². The van der Waals surface area contributed by atoms with E-state index < -0.39 is 0 Å². The summed E-state index contributed by atoms with van der Waals surface area (Å²) in [7, 11) is 0. The van der Waals surface area contributed by atoms with Gasteiger partial charge in [-0.3, -0.25) is 4.79 Å². The van der Waals surface area contributed by atoms with Crippen LogP contribution >= 0.6 is 0 Å². The molecule has 132 valence electrons. The minimum atomic E-state index is 0.0784. The van der Waals surface area contributed by atoms with Crippen molar-refractivity contribution in [3.8, 4) is 5.69 Å². The van der Waals surface area contributed by atoms with Crippen LogP contribution in [0.3, 0.4) is 0 Å². The number of benzene rings is 2. The van der Waals surface area contributed by atoms with E-state index in [9.17, 15) is 4.79 Å². The molecule has 0 radical (unpaired) electrons. The van der Waals surface area contributed by atoms with Crippen LogP contribution < -0.4 is 0 Å². The highest BCUT2D eigenvalue weighted by atomic mass is 16.2. The maximum atomic E-state index is 13.2. The summed E-state index contributed by atoms with van der Waals surface area (Å²) in [5, 5.41) is 4.52. The second kappa shape index (κ2) is 6.79. The normalized spacial score (nSPS) is 13.5. The van der Waals surface area contributed by atoms with E-state index in [0.717, 1.165) is 30.8 Å². The molecular weight excluding hydrogens is 322 g/mol. The number of aromatic nitrogens is 2. The van der Waals surface area contributed by atoms with Gasteiger partial charge in [0.1, 0.15) is 0 Å². The zero-order valence-electron chi connectivity index (χ0n) is 15.3. The van der Waals surface area contributed by atoms with Crippen LogP contribution in [0.25, 0.3) is 5.69 Å². The number of carbonyl (C=O) groups excluding carboxylic acids is 1. The van der Waals surface area contributed by atoms with Crippen LogP contribution in [0.2, 0.25) is 0 Å². The standard InChI is InChI=1S/C22H23N3O/c1-3-21-20(14-23-25(21)19-10-8-16(2)9-11-19)22(26)24-13-12-17-6-4-5-7-18(17)15-24/h4-11,14H,3,12-13,15H2,1-2H3. The van der Waals surface area contributed by atoms with Gasteiger partial charge < -0.3 is 4.90 Å². The molecular formula is C22H23N3O. The summed E-state index contributed by atoms with van der Waals surface area (Å²) in [6.45, 7) is 5.57. The molecule has 0 saturated carbocycles. The van der Waals surface area contributed by atoms with Crippen LogP contribution in [0.15, 0.2) is 54.7 Å². The van der Waals surface area contributed by atoms with Gasteiger partial charge in [0.25, 0.3) is 5.91 Å². The Hall–Kier alpha value is -2.88. The number of nitrogens with zero attached hydrogens (tertiary/aromatic N) is 3. The van der Waals surface area contributed by atoms with Crippen molar-refractivity contribution in [1.82, 2.24) is 14.7 Å². The molecule has 0 N–H and O–H groups in total. The zero-order chi connectivity index (χ0) is 18.1. The third-order valence-corrected chi connectivity index (χ3v) is 5.13. The molecule has 1 aromatic heterocycles. The number of amides is 1. The molecule has 0 atom stereocenters. The maximum Gasteiger partial charge on any atom is 0.257 e. The third kappa shape index (κ3) is 2.92. The van der Waals surface area contributed by atoms with Crippen LogP contribution in [0, 0.1) is 6.92 Å². The van der Waals surface area contributed by atoms with Crippen molar-refractivity contribution < 1.29 is 4.79 Å². The topological polar surface area (TPSA) is 38.1 Å². The summed E-state index contributed by atoms with van der Waals surface area (Å²) in [5.74, 6) is 0.0784. The first-order valence-corrected chi connectivity index (χ1v) is 9.17. The predicted octanol–water partition coefficient (Wildman–Crippen LogP) is 3.94. The highest BCUT2D eigenvalue weighted by Crippen LogP contribution is 2.23. The van der Waals surface area contributed by atoms with Crippen LogP contribution in [0.1, 0.15) is 39.7 Å². The lowest BCUT2D eigenvalue weighted by Gasteiger charge is -2.28.